The molecule has 0 bridgehead atoms. The smallest absolute Gasteiger partial charge is 0.348 e. The first kappa shape index (κ1) is 14.5. The molecule has 1 aromatic carbocycles. The maximum Gasteiger partial charge on any atom is 0.348 e. The number of aromatic carboxylic acids is 1. The van der Waals surface area contributed by atoms with Crippen LogP contribution in [0.4, 0.5) is 0 Å². The molecule has 0 aliphatic rings. The van der Waals surface area contributed by atoms with Crippen LogP contribution in [0.1, 0.15) is 27.3 Å². The molecule has 104 valence electrons. The third-order valence-electron chi connectivity index (χ3n) is 3.05. The van der Waals surface area contributed by atoms with Crippen LogP contribution in [0, 0.1) is 13.8 Å². The fraction of sp³-hybridized carbons (Fsp3) is 0.214. The molecule has 0 aliphatic carbocycles. The standard InChI is InChI=1S/C14H13BrN2O3/c1-8-12(15)9(2)17(14(20)16-8)7-10-4-3-5-11(6-10)13(18)19/h3-6H,7H2,1-2H3,(H,18,19). The van der Waals surface area contributed by atoms with Crippen LogP contribution in [0.15, 0.2) is 33.5 Å². The van der Waals surface area contributed by atoms with Crippen molar-refractivity contribution < 1.29 is 9.90 Å². The van der Waals surface area contributed by atoms with E-state index >= 15 is 0 Å². The third kappa shape index (κ3) is 2.80. The van der Waals surface area contributed by atoms with E-state index in [1.165, 1.54) is 10.6 Å². The first-order valence-electron chi connectivity index (χ1n) is 5.96. The van der Waals surface area contributed by atoms with Gasteiger partial charge in [0.05, 0.1) is 22.3 Å². The predicted molar refractivity (Wildman–Crippen MR) is 78.2 cm³/mol. The molecular formula is C14H13BrN2O3. The second-order valence-electron chi connectivity index (χ2n) is 4.47. The van der Waals surface area contributed by atoms with E-state index in [1.807, 2.05) is 6.92 Å². The van der Waals surface area contributed by atoms with E-state index in [9.17, 15) is 9.59 Å². The Labute approximate surface area is 124 Å². The van der Waals surface area contributed by atoms with Crippen LogP contribution >= 0.6 is 15.9 Å². The molecule has 2 aromatic rings. The number of halogens is 1. The Balaban J connectivity index is 2.45. The van der Waals surface area contributed by atoms with Gasteiger partial charge in [-0.2, -0.15) is 4.98 Å². The van der Waals surface area contributed by atoms with Gasteiger partial charge in [-0.15, -0.1) is 0 Å². The molecule has 1 N–H and O–H groups in total. The average Bonchev–Trinajstić information content (AvgIpc) is 2.41. The van der Waals surface area contributed by atoms with Crippen molar-refractivity contribution in [2.45, 2.75) is 20.4 Å². The number of aryl methyl sites for hydroxylation is 1. The van der Waals surface area contributed by atoms with Gasteiger partial charge in [-0.1, -0.05) is 12.1 Å². The highest BCUT2D eigenvalue weighted by Gasteiger charge is 2.10. The predicted octanol–water partition coefficient (Wildman–Crippen LogP) is 2.37. The topological polar surface area (TPSA) is 72.2 Å². The Morgan fingerprint density at radius 1 is 1.40 bits per heavy atom. The molecule has 0 spiro atoms. The summed E-state index contributed by atoms with van der Waals surface area (Å²) in [5.74, 6) is -0.987. The van der Waals surface area contributed by atoms with Gasteiger partial charge >= 0.3 is 11.7 Å². The second kappa shape index (κ2) is 5.58. The molecule has 0 unspecified atom stereocenters. The fourth-order valence-corrected chi connectivity index (χ4v) is 2.25. The third-order valence-corrected chi connectivity index (χ3v) is 4.20. The van der Waals surface area contributed by atoms with Crippen LogP contribution < -0.4 is 5.69 Å². The van der Waals surface area contributed by atoms with Crippen molar-refractivity contribution in [3.8, 4) is 0 Å². The van der Waals surface area contributed by atoms with Gasteiger partial charge in [0.25, 0.3) is 0 Å². The first-order valence-corrected chi connectivity index (χ1v) is 6.75. The molecule has 0 radical (unpaired) electrons. The minimum absolute atomic E-state index is 0.201. The van der Waals surface area contributed by atoms with E-state index in [2.05, 4.69) is 20.9 Å². The van der Waals surface area contributed by atoms with Crippen LogP contribution in [-0.4, -0.2) is 20.6 Å². The number of benzene rings is 1. The van der Waals surface area contributed by atoms with E-state index in [0.717, 1.165) is 15.7 Å². The van der Waals surface area contributed by atoms with Crippen molar-refractivity contribution in [2.75, 3.05) is 0 Å². The highest BCUT2D eigenvalue weighted by atomic mass is 79.9. The van der Waals surface area contributed by atoms with Crippen LogP contribution in [0.3, 0.4) is 0 Å². The summed E-state index contributed by atoms with van der Waals surface area (Å²) in [5.41, 5.74) is 2.01. The summed E-state index contributed by atoms with van der Waals surface area (Å²) in [6.07, 6.45) is 0. The van der Waals surface area contributed by atoms with E-state index in [-0.39, 0.29) is 17.8 Å². The van der Waals surface area contributed by atoms with Gasteiger partial charge in [0.15, 0.2) is 0 Å². The SMILES string of the molecule is Cc1nc(=O)n(Cc2cccc(C(=O)O)c2)c(C)c1Br. The summed E-state index contributed by atoms with van der Waals surface area (Å²) in [7, 11) is 0. The zero-order valence-corrected chi connectivity index (χ0v) is 12.6. The van der Waals surface area contributed by atoms with E-state index in [0.29, 0.717) is 5.69 Å². The number of carbonyl (C=O) groups is 1. The van der Waals surface area contributed by atoms with Gasteiger partial charge in [0.2, 0.25) is 0 Å². The number of carboxylic acid groups (broad SMARTS) is 1. The zero-order valence-electron chi connectivity index (χ0n) is 11.1. The molecule has 0 fully saturated rings. The molecule has 5 nitrogen and oxygen atoms in total. The van der Waals surface area contributed by atoms with Gasteiger partial charge in [-0.05, 0) is 47.5 Å². The van der Waals surface area contributed by atoms with Crippen LogP contribution in [0.5, 0.6) is 0 Å². The summed E-state index contributed by atoms with van der Waals surface area (Å²) in [4.78, 5) is 26.8. The number of aromatic nitrogens is 2. The molecule has 6 heteroatoms. The Morgan fingerprint density at radius 2 is 2.10 bits per heavy atom. The lowest BCUT2D eigenvalue weighted by molar-refractivity contribution is 0.0696. The van der Waals surface area contributed by atoms with Gasteiger partial charge in [0, 0.05) is 5.69 Å². The molecule has 2 rings (SSSR count). The molecule has 1 heterocycles. The lowest BCUT2D eigenvalue weighted by Gasteiger charge is -2.12. The van der Waals surface area contributed by atoms with Crippen molar-refractivity contribution in [3.05, 3.63) is 61.7 Å². The average molecular weight is 337 g/mol. The quantitative estimate of drug-likeness (QED) is 0.933. The molecule has 0 saturated carbocycles. The fourth-order valence-electron chi connectivity index (χ4n) is 1.95. The van der Waals surface area contributed by atoms with Crippen molar-refractivity contribution >= 4 is 21.9 Å². The molecule has 0 saturated heterocycles. The molecular weight excluding hydrogens is 324 g/mol. The summed E-state index contributed by atoms with van der Waals surface area (Å²) < 4.78 is 2.30. The van der Waals surface area contributed by atoms with Crippen molar-refractivity contribution in [1.82, 2.24) is 9.55 Å². The van der Waals surface area contributed by atoms with Crippen molar-refractivity contribution in [2.24, 2.45) is 0 Å². The van der Waals surface area contributed by atoms with E-state index in [1.54, 1.807) is 25.1 Å². The highest BCUT2D eigenvalue weighted by Crippen LogP contribution is 2.17. The lowest BCUT2D eigenvalue weighted by Crippen LogP contribution is -2.27. The van der Waals surface area contributed by atoms with Crippen LogP contribution in [0.25, 0.3) is 0 Å². The second-order valence-corrected chi connectivity index (χ2v) is 5.26. The number of carboxylic acids is 1. The van der Waals surface area contributed by atoms with Gasteiger partial charge in [0.1, 0.15) is 0 Å². The lowest BCUT2D eigenvalue weighted by atomic mass is 10.1. The molecule has 0 amide bonds. The number of hydrogen-bond donors (Lipinski definition) is 1. The molecule has 0 atom stereocenters. The maximum atomic E-state index is 12.0. The van der Waals surface area contributed by atoms with Crippen molar-refractivity contribution in [3.63, 3.8) is 0 Å². The van der Waals surface area contributed by atoms with Gasteiger partial charge in [-0.25, -0.2) is 9.59 Å². The van der Waals surface area contributed by atoms with Crippen LogP contribution in [-0.2, 0) is 6.54 Å². The largest absolute Gasteiger partial charge is 0.478 e. The van der Waals surface area contributed by atoms with E-state index < -0.39 is 5.97 Å². The van der Waals surface area contributed by atoms with Crippen LogP contribution in [0.2, 0.25) is 0 Å². The number of nitrogens with zero attached hydrogens (tertiary/aromatic N) is 2. The number of hydrogen-bond acceptors (Lipinski definition) is 3. The molecule has 0 aliphatic heterocycles. The summed E-state index contributed by atoms with van der Waals surface area (Å²) in [6.45, 7) is 3.87. The summed E-state index contributed by atoms with van der Waals surface area (Å²) >= 11 is 3.40. The van der Waals surface area contributed by atoms with Crippen molar-refractivity contribution in [1.29, 1.82) is 0 Å². The Morgan fingerprint density at radius 3 is 2.75 bits per heavy atom. The monoisotopic (exact) mass is 336 g/mol. The minimum Gasteiger partial charge on any atom is -0.478 e. The maximum absolute atomic E-state index is 12.0. The molecule has 1 aromatic heterocycles. The minimum atomic E-state index is -0.987. The first-order chi connectivity index (χ1) is 9.40. The summed E-state index contributed by atoms with van der Waals surface area (Å²) in [5, 5.41) is 8.98. The van der Waals surface area contributed by atoms with E-state index in [4.69, 9.17) is 5.11 Å². The number of rotatable bonds is 3. The molecule has 20 heavy (non-hydrogen) atoms. The van der Waals surface area contributed by atoms with Gasteiger partial charge in [-0.3, -0.25) is 4.57 Å². The Hall–Kier alpha value is -1.95. The van der Waals surface area contributed by atoms with Gasteiger partial charge < -0.3 is 5.11 Å². The Kier molecular flexibility index (Phi) is 4.04. The zero-order chi connectivity index (χ0) is 14.9. The summed E-state index contributed by atoms with van der Waals surface area (Å²) in [6, 6.07) is 6.52. The highest BCUT2D eigenvalue weighted by molar-refractivity contribution is 9.10. The Bertz CT molecular complexity index is 738. The normalized spacial score (nSPS) is 10.6.